The summed E-state index contributed by atoms with van der Waals surface area (Å²) in [6.07, 6.45) is 8.37. The molecule has 38 heteroatoms. The van der Waals surface area contributed by atoms with E-state index in [1.807, 2.05) is 104 Å². The van der Waals surface area contributed by atoms with Crippen molar-refractivity contribution in [1.29, 1.82) is 5.26 Å². The molecule has 0 radical (unpaired) electrons. The molecule has 3 saturated carbocycles. The second-order valence-electron chi connectivity index (χ2n) is 29.3. The molecule has 5 aromatic heterocycles. The zero-order chi connectivity index (χ0) is 82.5. The number of aliphatic hydroxyl groups is 3. The monoisotopic (exact) mass is 1760 g/mol. The van der Waals surface area contributed by atoms with Crippen molar-refractivity contribution in [3.05, 3.63) is 234 Å². The van der Waals surface area contributed by atoms with Gasteiger partial charge in [-0.1, -0.05) is 65.1 Å². The molecule has 0 saturated heterocycles. The van der Waals surface area contributed by atoms with Crippen LogP contribution in [-0.4, -0.2) is 166 Å². The quantitative estimate of drug-likeness (QED) is 0.0254. The average molecular weight is 1760 g/mol. The number of likely N-dealkylation sites (N-methyl/N-ethyl adjacent to an activating group) is 1. The van der Waals surface area contributed by atoms with Crippen LogP contribution in [0.5, 0.6) is 0 Å². The van der Waals surface area contributed by atoms with E-state index in [0.717, 1.165) is 76.0 Å². The first-order valence-electron chi connectivity index (χ1n) is 37.0. The summed E-state index contributed by atoms with van der Waals surface area (Å²) in [7, 11) is -10.3. The average Bonchev–Trinajstić information content (AvgIpc) is 1.56. The summed E-state index contributed by atoms with van der Waals surface area (Å²) in [5.74, 6) is -1.28. The Morgan fingerprint density at radius 2 is 1.08 bits per heavy atom. The molecule has 0 bridgehead atoms. The summed E-state index contributed by atoms with van der Waals surface area (Å²) in [5.41, 5.74) is 11.5. The van der Waals surface area contributed by atoms with Gasteiger partial charge in [-0.3, -0.25) is 31.8 Å². The van der Waals surface area contributed by atoms with Crippen LogP contribution in [-0.2, 0) is 72.2 Å². The number of aryl methyl sites for hydroxylation is 2. The van der Waals surface area contributed by atoms with Gasteiger partial charge in [-0.2, -0.15) is 30.5 Å². The van der Waals surface area contributed by atoms with Gasteiger partial charge in [0.15, 0.2) is 0 Å². The molecule has 3 fully saturated rings. The number of hydrogen-bond acceptors (Lipinski definition) is 29. The van der Waals surface area contributed by atoms with E-state index >= 15 is 0 Å². The molecule has 3 unspecified atom stereocenters. The van der Waals surface area contributed by atoms with E-state index in [0.29, 0.717) is 109 Å². The number of halogens is 3. The summed E-state index contributed by atoms with van der Waals surface area (Å²) in [6.45, 7) is 3.30. The number of hydrogen-bond donors (Lipinski definition) is 9. The van der Waals surface area contributed by atoms with E-state index in [2.05, 4.69) is 59.4 Å². The first-order valence-corrected chi connectivity index (χ1v) is 45.1. The molecule has 3 aliphatic carbocycles. The highest BCUT2D eigenvalue weighted by molar-refractivity contribution is 7.84. The number of rotatable bonds is 24. The highest BCUT2D eigenvalue weighted by Gasteiger charge is 2.40. The molecule has 8 heterocycles. The van der Waals surface area contributed by atoms with Crippen LogP contribution in [0.4, 0.5) is 17.3 Å². The van der Waals surface area contributed by atoms with Gasteiger partial charge < -0.3 is 40.7 Å². The molecule has 9 aromatic rings. The molecule has 6 aliphatic rings. The number of fused-ring (bicyclic) bond motifs is 3. The highest BCUT2D eigenvalue weighted by atomic mass is 35.5. The van der Waals surface area contributed by atoms with Crippen LogP contribution in [0.25, 0.3) is 0 Å². The zero-order valence-electron chi connectivity index (χ0n) is 62.4. The molecule has 0 spiro atoms. The molecule has 614 valence electrons. The van der Waals surface area contributed by atoms with Crippen molar-refractivity contribution in [2.45, 2.75) is 126 Å². The molecule has 4 aromatic carbocycles. The van der Waals surface area contributed by atoms with Crippen LogP contribution in [0.15, 0.2) is 127 Å². The summed E-state index contributed by atoms with van der Waals surface area (Å²) in [6, 6.07) is 31.5. The Kier molecular flexibility index (Phi) is 27.7. The van der Waals surface area contributed by atoms with Crippen molar-refractivity contribution in [1.82, 2.24) is 24.8 Å². The summed E-state index contributed by atoms with van der Waals surface area (Å²) in [5, 5.41) is 68.3. The maximum absolute atomic E-state index is 13.7. The van der Waals surface area contributed by atoms with E-state index in [1.54, 1.807) is 12.1 Å². The first kappa shape index (κ1) is 86.1. The lowest BCUT2D eigenvalue weighted by Gasteiger charge is -2.34. The lowest BCUT2D eigenvalue weighted by Crippen LogP contribution is -2.32. The van der Waals surface area contributed by atoms with Crippen LogP contribution in [0.2, 0.25) is 14.4 Å². The van der Waals surface area contributed by atoms with Gasteiger partial charge in [0.1, 0.15) is 36.5 Å². The number of para-hydroxylation sites is 1. The fraction of sp³-hybridized carbons (Fsp3) is 0.385. The second kappa shape index (κ2) is 37.3. The Bertz CT molecular complexity index is 5540. The van der Waals surface area contributed by atoms with Crippen LogP contribution >= 0.6 is 68.8 Å². The van der Waals surface area contributed by atoms with Crippen molar-refractivity contribution in [3.63, 3.8) is 0 Å². The number of aromatic nitrogens is 4. The lowest BCUT2D eigenvalue weighted by atomic mass is 9.89. The van der Waals surface area contributed by atoms with Gasteiger partial charge in [0.2, 0.25) is 17.3 Å². The number of nitrogens with one attached hydrogen (secondary N) is 3. The molecular weight excluding hydrogens is 1680 g/mol. The van der Waals surface area contributed by atoms with E-state index in [4.69, 9.17) is 59.7 Å². The second-order valence-corrected chi connectivity index (χ2v) is 37.6. The largest absolute Gasteiger partial charge is 0.393 e. The maximum atomic E-state index is 13.7. The van der Waals surface area contributed by atoms with Crippen molar-refractivity contribution in [2.75, 3.05) is 62.6 Å². The number of ketones is 3. The van der Waals surface area contributed by atoms with Crippen molar-refractivity contribution in [2.24, 2.45) is 33.2 Å². The van der Waals surface area contributed by atoms with Crippen LogP contribution in [0.1, 0.15) is 169 Å². The Morgan fingerprint density at radius 3 is 1.66 bits per heavy atom. The molecule has 0 amide bonds. The molecule has 3 aliphatic heterocycles. The van der Waals surface area contributed by atoms with E-state index in [1.165, 1.54) is 70.2 Å². The van der Waals surface area contributed by atoms with Crippen LogP contribution in [0.3, 0.4) is 0 Å². The lowest BCUT2D eigenvalue weighted by molar-refractivity contribution is 0.0697. The van der Waals surface area contributed by atoms with E-state index in [-0.39, 0.29) is 90.6 Å². The number of nitrogens with zero attached hydrogens (tertiary/aromatic N) is 6. The van der Waals surface area contributed by atoms with Crippen LogP contribution < -0.4 is 31.4 Å². The van der Waals surface area contributed by atoms with Gasteiger partial charge >= 0.3 is 30.9 Å². The number of nitriles is 1. The minimum atomic E-state index is -4.11. The first-order chi connectivity index (χ1) is 55.3. The van der Waals surface area contributed by atoms with Gasteiger partial charge in [-0.25, -0.2) is 35.4 Å². The van der Waals surface area contributed by atoms with Gasteiger partial charge in [0.05, 0.1) is 92.5 Å². The van der Waals surface area contributed by atoms with Crippen molar-refractivity contribution >= 4 is 134 Å². The molecule has 116 heavy (non-hydrogen) atoms. The number of nitrogens with two attached hydrogens (primary N) is 3. The number of aliphatic hydroxyl groups excluding tert-OH is 3. The third-order valence-electron chi connectivity index (χ3n) is 21.3. The molecule has 15 rings (SSSR count). The minimum Gasteiger partial charge on any atom is -0.393 e. The molecule has 12 atom stereocenters. The molecule has 29 nitrogen and oxygen atoms in total. The smallest absolute Gasteiger partial charge is 0.333 e. The maximum Gasteiger partial charge on any atom is 0.333 e. The van der Waals surface area contributed by atoms with Crippen molar-refractivity contribution < 1.29 is 77.0 Å². The highest BCUT2D eigenvalue weighted by Crippen LogP contribution is 2.45. The Hall–Kier alpha value is -7.72. The summed E-state index contributed by atoms with van der Waals surface area (Å²) < 4.78 is 93.6. The zero-order valence-corrected chi connectivity index (χ0v) is 69.6. The number of carbonyl (C=O) groups excluding carboxylic acids is 3. The standard InChI is InChI=1S/C27H29ClN2O6S2.C26H27N5O6S2.C25H27Cl2N5O5S2/c28-19-8-7-16-4-3-9-35-27(22(16)12-19)18-11-25(37-15-18)26(32)21-5-1-2-6-23(21)30-20-10-17(24(31)13-20)14-36-38(29,33)34;1-14-19(25-20-6-15(10-27)2-3-16(20)4-5-36-25)9-23(38-14)24(33)21-11-29-13-30-26(21)31-18-7-17(22(32)8-18)12-37-39(28,34)35;1-32-5-4-13-2-3-15(26)7-17(13)22(32)18-9-21(38-24(18)27)23(34)19-10-29-12-30-25(19)31-16-6-14(20(33)8-16)11-37-39(28,35)36/h1-2,5-8,11-12,15,17,20,24,27,30-31H,3-4,9-10,13-14H2,(H2,29,33,34);2-3,6,9,11,13,17-18,22,25,32H,4-5,7-8,12H2,1H3,(H2,28,34,35)(H,29,30,31);2-3,7,9-10,12,14,16,20,22,33H,4-6,8,11H2,1H3,(H2,28,35,36)(H,29,30,31)/t17-,20-,24+,27?;17-,18-,22+,25?;14-,16-,20+,22?/m111/s1. The van der Waals surface area contributed by atoms with E-state index < -0.39 is 61.1 Å². The summed E-state index contributed by atoms with van der Waals surface area (Å²) in [4.78, 5) is 62.2. The van der Waals surface area contributed by atoms with Gasteiger partial charge in [0, 0.05) is 93.2 Å². The Balaban J connectivity index is 0.000000151. The number of ether oxygens (including phenoxy) is 2. The normalized spacial score (nSPS) is 23.3. The van der Waals surface area contributed by atoms with Gasteiger partial charge in [-0.15, -0.1) is 34.0 Å². The minimum absolute atomic E-state index is 0.114. The third kappa shape index (κ3) is 21.3. The van der Waals surface area contributed by atoms with E-state index in [9.17, 15) is 60.2 Å². The predicted molar refractivity (Wildman–Crippen MR) is 439 cm³/mol. The Morgan fingerprint density at radius 1 is 0.578 bits per heavy atom. The topological polar surface area (TPSA) is 453 Å². The Labute approximate surface area is 697 Å². The SMILES string of the molecule is CN1CCc2ccc(Cl)cc2C1c1cc(C(=O)c2cncnc2N[C@@H]2C[C@H](COS(N)(=O)=O)[C@@H](O)C2)sc1Cl.Cc1sc(C(=O)c2cncnc2N[C@@H]2C[C@H](COS(N)(=O)=O)[C@@H](O)C2)cc1C1OCCc2ccc(C#N)cc21.NS(=O)(=O)OC[C@H]1C[C@@H](Nc2ccccc2C(=O)c2cc(C3OCCCc4ccc(Cl)cc43)cs2)C[C@@H]1O. The van der Waals surface area contributed by atoms with Crippen molar-refractivity contribution in [3.8, 4) is 6.07 Å². The number of anilines is 3. The third-order valence-corrected chi connectivity index (χ3v) is 26.6. The fourth-order valence-electron chi connectivity index (χ4n) is 15.7. The van der Waals surface area contributed by atoms with Gasteiger partial charge in [-0.05, 0) is 195 Å². The number of thiophene rings is 3. The summed E-state index contributed by atoms with van der Waals surface area (Å²) >= 11 is 23.3. The fourth-order valence-corrected chi connectivity index (χ4v) is 20.3. The molecular formula is C78H83Cl3N12O17S6. The molecule has 12 N–H and O–H groups in total. The van der Waals surface area contributed by atoms with Gasteiger partial charge in [0.25, 0.3) is 0 Å². The number of benzene rings is 4. The predicted octanol–water partition coefficient (Wildman–Crippen LogP) is 10.3. The number of carbonyl (C=O) groups is 3. The van der Waals surface area contributed by atoms with Crippen LogP contribution in [0, 0.1) is 36.0 Å².